The molecule has 1 fully saturated rings. The first-order valence-electron chi connectivity index (χ1n) is 7.73. The van der Waals surface area contributed by atoms with E-state index in [4.69, 9.17) is 4.74 Å². The van der Waals surface area contributed by atoms with Crippen LogP contribution in [0.3, 0.4) is 0 Å². The van der Waals surface area contributed by atoms with Gasteiger partial charge < -0.3 is 9.64 Å². The van der Waals surface area contributed by atoms with Crippen LogP contribution in [0.2, 0.25) is 0 Å². The molecule has 1 saturated heterocycles. The van der Waals surface area contributed by atoms with Crippen LogP contribution in [0.5, 0.6) is 0 Å². The van der Waals surface area contributed by atoms with E-state index in [1.54, 1.807) is 11.0 Å². The third-order valence-electron chi connectivity index (χ3n) is 3.92. The molecule has 2 aromatic rings. The maximum Gasteiger partial charge on any atom is 0.416 e. The first-order chi connectivity index (χ1) is 11.9. The summed E-state index contributed by atoms with van der Waals surface area (Å²) >= 11 is 1.54. The molecular weight excluding hydrogens is 351 g/mol. The minimum Gasteiger partial charge on any atom is -0.370 e. The Morgan fingerprint density at radius 3 is 2.64 bits per heavy atom. The largest absolute Gasteiger partial charge is 0.416 e. The first kappa shape index (κ1) is 17.7. The first-order valence-corrected chi connectivity index (χ1v) is 8.61. The lowest BCUT2D eigenvalue weighted by Gasteiger charge is -2.32. The highest BCUT2D eigenvalue weighted by molar-refractivity contribution is 7.10. The highest BCUT2D eigenvalue weighted by Gasteiger charge is 2.31. The van der Waals surface area contributed by atoms with E-state index in [2.05, 4.69) is 0 Å². The molecule has 1 aliphatic rings. The Balaban J connectivity index is 1.65. The number of benzene rings is 1. The molecule has 2 heterocycles. The molecule has 1 aromatic carbocycles. The molecule has 3 nitrogen and oxygen atoms in total. The van der Waals surface area contributed by atoms with Gasteiger partial charge >= 0.3 is 6.18 Å². The number of morpholine rings is 1. The van der Waals surface area contributed by atoms with Crippen molar-refractivity contribution < 1.29 is 22.7 Å². The smallest absolute Gasteiger partial charge is 0.370 e. The molecule has 0 saturated carbocycles. The second kappa shape index (κ2) is 7.41. The molecule has 0 bridgehead atoms. The molecule has 3 rings (SSSR count). The van der Waals surface area contributed by atoms with Crippen molar-refractivity contribution in [2.75, 3.05) is 19.7 Å². The number of thiophene rings is 1. The molecule has 7 heteroatoms. The number of amides is 1. The van der Waals surface area contributed by atoms with E-state index in [-0.39, 0.29) is 5.91 Å². The van der Waals surface area contributed by atoms with Crippen LogP contribution >= 0.6 is 11.3 Å². The number of hydrogen-bond acceptors (Lipinski definition) is 3. The molecule has 1 amide bonds. The van der Waals surface area contributed by atoms with E-state index in [0.717, 1.165) is 17.0 Å². The molecule has 0 radical (unpaired) electrons. The van der Waals surface area contributed by atoms with Crippen molar-refractivity contribution in [1.82, 2.24) is 4.90 Å². The van der Waals surface area contributed by atoms with Gasteiger partial charge in [-0.2, -0.15) is 13.2 Å². The van der Waals surface area contributed by atoms with Crippen LogP contribution in [-0.4, -0.2) is 30.5 Å². The lowest BCUT2D eigenvalue weighted by Crippen LogP contribution is -2.41. The molecule has 0 spiro atoms. The lowest BCUT2D eigenvalue weighted by molar-refractivity contribution is -0.137. The summed E-state index contributed by atoms with van der Waals surface area (Å²) in [6.07, 6.45) is -1.51. The van der Waals surface area contributed by atoms with Gasteiger partial charge in [0.1, 0.15) is 6.10 Å². The van der Waals surface area contributed by atoms with E-state index in [0.29, 0.717) is 25.3 Å². The monoisotopic (exact) mass is 367 g/mol. The van der Waals surface area contributed by atoms with Crippen molar-refractivity contribution >= 4 is 23.3 Å². The highest BCUT2D eigenvalue weighted by Crippen LogP contribution is 2.31. The number of rotatable bonds is 3. The summed E-state index contributed by atoms with van der Waals surface area (Å²) in [5, 5.41) is 1.93. The van der Waals surface area contributed by atoms with Crippen LogP contribution in [0.25, 0.3) is 6.08 Å². The predicted molar refractivity (Wildman–Crippen MR) is 90.1 cm³/mol. The van der Waals surface area contributed by atoms with Crippen molar-refractivity contribution in [3.63, 3.8) is 0 Å². The second-order valence-corrected chi connectivity index (χ2v) is 6.59. The maximum absolute atomic E-state index is 12.6. The number of alkyl halides is 3. The molecule has 0 aliphatic carbocycles. The summed E-state index contributed by atoms with van der Waals surface area (Å²) in [5.41, 5.74) is -0.0633. The highest BCUT2D eigenvalue weighted by atomic mass is 32.1. The summed E-state index contributed by atoms with van der Waals surface area (Å²) in [4.78, 5) is 14.9. The number of ether oxygens (including phenoxy) is 1. The molecule has 132 valence electrons. The third kappa shape index (κ3) is 4.49. The number of carbonyl (C=O) groups excluding carboxylic acids is 1. The molecule has 0 N–H and O–H groups in total. The van der Waals surface area contributed by atoms with Gasteiger partial charge in [0.05, 0.1) is 18.7 Å². The minimum atomic E-state index is -4.36. The summed E-state index contributed by atoms with van der Waals surface area (Å²) < 4.78 is 43.5. The Morgan fingerprint density at radius 2 is 2.00 bits per heavy atom. The molecular formula is C18H16F3NO2S. The molecule has 1 aliphatic heterocycles. The second-order valence-electron chi connectivity index (χ2n) is 5.61. The summed E-state index contributed by atoms with van der Waals surface area (Å²) in [5.74, 6) is -0.131. The number of nitrogens with zero attached hydrogens (tertiary/aromatic N) is 1. The third-order valence-corrected chi connectivity index (χ3v) is 4.76. The zero-order valence-corrected chi connectivity index (χ0v) is 14.0. The van der Waals surface area contributed by atoms with E-state index in [1.807, 2.05) is 17.5 Å². The van der Waals surface area contributed by atoms with E-state index >= 15 is 0 Å². The number of carbonyl (C=O) groups is 1. The van der Waals surface area contributed by atoms with Crippen LogP contribution < -0.4 is 0 Å². The van der Waals surface area contributed by atoms with E-state index < -0.39 is 17.8 Å². The van der Waals surface area contributed by atoms with Crippen LogP contribution in [0.15, 0.2) is 47.9 Å². The van der Waals surface area contributed by atoms with Gasteiger partial charge in [0.2, 0.25) is 5.91 Å². The Morgan fingerprint density at radius 1 is 1.24 bits per heavy atom. The Bertz CT molecular complexity index is 739. The van der Waals surface area contributed by atoms with Gasteiger partial charge in [-0.05, 0) is 35.2 Å². The fourth-order valence-electron chi connectivity index (χ4n) is 2.58. The summed E-state index contributed by atoms with van der Waals surface area (Å²) in [7, 11) is 0. The number of halogens is 3. The molecule has 1 atom stereocenters. The SMILES string of the molecule is O=C(/C=C/c1cccs1)N1CCO[C@@H](c2ccc(C(F)(F)F)cc2)C1. The lowest BCUT2D eigenvalue weighted by atomic mass is 10.1. The fourth-order valence-corrected chi connectivity index (χ4v) is 3.20. The fraction of sp³-hybridized carbons (Fsp3) is 0.278. The van der Waals surface area contributed by atoms with Crippen molar-refractivity contribution in [3.05, 3.63) is 63.9 Å². The van der Waals surface area contributed by atoms with Gasteiger partial charge in [-0.1, -0.05) is 18.2 Å². The molecule has 1 aromatic heterocycles. The van der Waals surface area contributed by atoms with E-state index in [9.17, 15) is 18.0 Å². The minimum absolute atomic E-state index is 0.131. The van der Waals surface area contributed by atoms with Crippen molar-refractivity contribution in [1.29, 1.82) is 0 Å². The van der Waals surface area contributed by atoms with Crippen LogP contribution in [0.1, 0.15) is 22.1 Å². The van der Waals surface area contributed by atoms with E-state index in [1.165, 1.54) is 29.5 Å². The zero-order chi connectivity index (χ0) is 17.9. The average molecular weight is 367 g/mol. The predicted octanol–water partition coefficient (Wildman–Crippen LogP) is 4.38. The van der Waals surface area contributed by atoms with Gasteiger partial charge in [-0.3, -0.25) is 4.79 Å². The Hall–Kier alpha value is -2.12. The topological polar surface area (TPSA) is 29.5 Å². The van der Waals surface area contributed by atoms with Gasteiger partial charge in [0.25, 0.3) is 0 Å². The Kier molecular flexibility index (Phi) is 5.24. The van der Waals surface area contributed by atoms with Gasteiger partial charge in [0, 0.05) is 17.5 Å². The van der Waals surface area contributed by atoms with Gasteiger partial charge in [-0.15, -0.1) is 11.3 Å². The van der Waals surface area contributed by atoms with Crippen molar-refractivity contribution in [2.45, 2.75) is 12.3 Å². The standard InChI is InChI=1S/C18H16F3NO2S/c19-18(20,21)14-5-3-13(4-6-14)16-12-22(9-10-24-16)17(23)8-7-15-2-1-11-25-15/h1-8,11,16H,9-10,12H2/b8-7+/t16-/m1/s1. The summed E-state index contributed by atoms with van der Waals surface area (Å²) in [6, 6.07) is 8.71. The quantitative estimate of drug-likeness (QED) is 0.754. The van der Waals surface area contributed by atoms with Gasteiger partial charge in [0.15, 0.2) is 0 Å². The van der Waals surface area contributed by atoms with Crippen molar-refractivity contribution in [3.8, 4) is 0 Å². The van der Waals surface area contributed by atoms with Gasteiger partial charge in [-0.25, -0.2) is 0 Å². The molecule has 0 unspecified atom stereocenters. The Labute approximate surface area is 147 Å². The number of hydrogen-bond donors (Lipinski definition) is 0. The normalized spacial score (nSPS) is 18.7. The summed E-state index contributed by atoms with van der Waals surface area (Å²) in [6.45, 7) is 1.13. The zero-order valence-electron chi connectivity index (χ0n) is 13.2. The molecule has 25 heavy (non-hydrogen) atoms. The van der Waals surface area contributed by atoms with Crippen LogP contribution in [0.4, 0.5) is 13.2 Å². The van der Waals surface area contributed by atoms with Crippen LogP contribution in [0, 0.1) is 0 Å². The average Bonchev–Trinajstić information content (AvgIpc) is 3.13. The van der Waals surface area contributed by atoms with Crippen LogP contribution in [-0.2, 0) is 15.7 Å². The van der Waals surface area contributed by atoms with Crippen molar-refractivity contribution in [2.24, 2.45) is 0 Å². The maximum atomic E-state index is 12.6.